The number of thioether (sulfide) groups is 1. The van der Waals surface area contributed by atoms with Crippen LogP contribution in [-0.2, 0) is 11.0 Å². The van der Waals surface area contributed by atoms with Gasteiger partial charge in [-0.05, 0) is 13.0 Å². The molecule has 0 fully saturated rings. The van der Waals surface area contributed by atoms with E-state index in [1.54, 1.807) is 0 Å². The zero-order valence-electron chi connectivity index (χ0n) is 19.1. The fraction of sp³-hybridized carbons (Fsp3) is 0.120. The summed E-state index contributed by atoms with van der Waals surface area (Å²) in [6, 6.07) is 20.7. The van der Waals surface area contributed by atoms with Crippen LogP contribution in [0.1, 0.15) is 12.5 Å². The Morgan fingerprint density at radius 2 is 1.54 bits per heavy atom. The van der Waals surface area contributed by atoms with Crippen LogP contribution in [0.25, 0.3) is 22.5 Å². The van der Waals surface area contributed by atoms with Crippen molar-refractivity contribution in [1.82, 2.24) is 15.2 Å². The summed E-state index contributed by atoms with van der Waals surface area (Å²) in [6.45, 7) is 1.48. The summed E-state index contributed by atoms with van der Waals surface area (Å²) in [5.74, 6) is -0.763. The Morgan fingerprint density at radius 1 is 0.946 bits per heavy atom. The van der Waals surface area contributed by atoms with Gasteiger partial charge in [-0.3, -0.25) is 14.9 Å². The van der Waals surface area contributed by atoms with E-state index < -0.39 is 39.2 Å². The lowest BCUT2D eigenvalue weighted by molar-refractivity contribution is -0.385. The number of carbonyl (C=O) groups excluding carboxylic acids is 1. The van der Waals surface area contributed by atoms with Crippen molar-refractivity contribution in [1.29, 1.82) is 0 Å². The minimum atomic E-state index is -4.91. The molecule has 1 atom stereocenters. The van der Waals surface area contributed by atoms with E-state index in [0.717, 1.165) is 35.0 Å². The quantitative estimate of drug-likeness (QED) is 0.172. The van der Waals surface area contributed by atoms with Crippen molar-refractivity contribution in [3.63, 3.8) is 0 Å². The zero-order chi connectivity index (χ0) is 26.6. The molecule has 4 aromatic rings. The number of nitrogens with one attached hydrogen (secondary N) is 1. The third-order valence-corrected chi connectivity index (χ3v) is 6.14. The van der Waals surface area contributed by atoms with Crippen LogP contribution in [0.5, 0.6) is 0 Å². The van der Waals surface area contributed by atoms with Gasteiger partial charge >= 0.3 is 6.18 Å². The fourth-order valence-corrected chi connectivity index (χ4v) is 4.10. The van der Waals surface area contributed by atoms with Crippen LogP contribution < -0.4 is 5.32 Å². The summed E-state index contributed by atoms with van der Waals surface area (Å²) in [5, 5.41) is 20.8. The monoisotopic (exact) mass is 525 g/mol. The van der Waals surface area contributed by atoms with Crippen molar-refractivity contribution in [2.75, 3.05) is 5.32 Å². The highest BCUT2D eigenvalue weighted by atomic mass is 32.2. The number of hydrogen-bond acceptors (Lipinski definition) is 7. The van der Waals surface area contributed by atoms with Gasteiger partial charge in [-0.2, -0.15) is 13.2 Å². The Labute approximate surface area is 213 Å². The molecule has 0 saturated heterocycles. The van der Waals surface area contributed by atoms with Crippen molar-refractivity contribution >= 4 is 29.0 Å². The van der Waals surface area contributed by atoms with Crippen LogP contribution in [0, 0.1) is 10.1 Å². The molecule has 1 aromatic heterocycles. The van der Waals surface area contributed by atoms with Crippen molar-refractivity contribution in [2.45, 2.75) is 23.5 Å². The van der Waals surface area contributed by atoms with Gasteiger partial charge in [-0.15, -0.1) is 10.2 Å². The first-order valence-corrected chi connectivity index (χ1v) is 11.7. The van der Waals surface area contributed by atoms with E-state index in [0.29, 0.717) is 17.5 Å². The molecular formula is C25H18F3N5O3S. The molecule has 0 aliphatic rings. The third-order valence-electron chi connectivity index (χ3n) is 5.19. The largest absolute Gasteiger partial charge is 0.418 e. The maximum absolute atomic E-state index is 13.5. The van der Waals surface area contributed by atoms with E-state index in [1.807, 2.05) is 60.7 Å². The van der Waals surface area contributed by atoms with Crippen LogP contribution in [-0.4, -0.2) is 31.3 Å². The predicted molar refractivity (Wildman–Crippen MR) is 133 cm³/mol. The number of nitrogens with zero attached hydrogens (tertiary/aromatic N) is 4. The van der Waals surface area contributed by atoms with Gasteiger partial charge in [0.1, 0.15) is 11.4 Å². The second-order valence-corrected chi connectivity index (χ2v) is 9.07. The molecule has 3 aromatic carbocycles. The Morgan fingerprint density at radius 3 is 2.11 bits per heavy atom. The lowest BCUT2D eigenvalue weighted by atomic mass is 10.0. The smallest absolute Gasteiger partial charge is 0.325 e. The van der Waals surface area contributed by atoms with Gasteiger partial charge in [0.15, 0.2) is 0 Å². The van der Waals surface area contributed by atoms with E-state index >= 15 is 0 Å². The molecule has 12 heteroatoms. The number of anilines is 1. The molecule has 4 rings (SSSR count). The summed E-state index contributed by atoms with van der Waals surface area (Å²) in [4.78, 5) is 27.3. The molecule has 0 aliphatic heterocycles. The number of carbonyl (C=O) groups is 1. The number of amides is 1. The van der Waals surface area contributed by atoms with E-state index in [1.165, 1.54) is 6.92 Å². The number of benzene rings is 3. The number of non-ortho nitro benzene ring substituents is 1. The van der Waals surface area contributed by atoms with Crippen LogP contribution in [0.2, 0.25) is 0 Å². The van der Waals surface area contributed by atoms with Crippen LogP contribution in [0.3, 0.4) is 0 Å². The normalized spacial score (nSPS) is 12.1. The molecule has 0 aliphatic carbocycles. The first-order chi connectivity index (χ1) is 17.6. The average molecular weight is 526 g/mol. The van der Waals surface area contributed by atoms with E-state index in [4.69, 9.17) is 0 Å². The van der Waals surface area contributed by atoms with Crippen LogP contribution >= 0.6 is 11.8 Å². The standard InChI is InChI=1S/C25H18F3N5O3S/c1-15(23(34)29-20-13-12-18(33(35)36)14-19(20)25(26,27)28)37-24-30-21(16-8-4-2-5-9-16)22(31-32-24)17-10-6-3-7-11-17/h2-15H,1H3,(H,29,34)/t15-/m0/s1. The molecule has 0 bridgehead atoms. The molecule has 1 heterocycles. The summed E-state index contributed by atoms with van der Waals surface area (Å²) in [5.41, 5.74) is -0.0000486. The highest BCUT2D eigenvalue weighted by Gasteiger charge is 2.36. The third kappa shape index (κ3) is 6.09. The Hall–Kier alpha value is -4.32. The average Bonchev–Trinajstić information content (AvgIpc) is 2.89. The number of nitro benzene ring substituents is 1. The fourth-order valence-electron chi connectivity index (χ4n) is 3.38. The lowest BCUT2D eigenvalue weighted by Crippen LogP contribution is -2.24. The summed E-state index contributed by atoms with van der Waals surface area (Å²) in [7, 11) is 0. The van der Waals surface area contributed by atoms with Gasteiger partial charge in [-0.1, -0.05) is 72.4 Å². The molecule has 0 unspecified atom stereocenters. The molecule has 188 valence electrons. The predicted octanol–water partition coefficient (Wildman–Crippen LogP) is 6.25. The van der Waals surface area contributed by atoms with Crippen molar-refractivity contribution in [2.24, 2.45) is 0 Å². The van der Waals surface area contributed by atoms with Gasteiger partial charge in [0.2, 0.25) is 11.1 Å². The van der Waals surface area contributed by atoms with Gasteiger partial charge < -0.3 is 5.32 Å². The first-order valence-electron chi connectivity index (χ1n) is 10.8. The number of alkyl halides is 3. The number of aromatic nitrogens is 3. The van der Waals surface area contributed by atoms with Crippen molar-refractivity contribution in [3.8, 4) is 22.5 Å². The molecule has 0 spiro atoms. The highest BCUT2D eigenvalue weighted by molar-refractivity contribution is 8.00. The number of halogens is 3. The van der Waals surface area contributed by atoms with Crippen LogP contribution in [0.15, 0.2) is 84.0 Å². The molecule has 8 nitrogen and oxygen atoms in total. The molecule has 1 N–H and O–H groups in total. The molecule has 1 amide bonds. The topological polar surface area (TPSA) is 111 Å². The van der Waals surface area contributed by atoms with Crippen molar-refractivity contribution < 1.29 is 22.9 Å². The lowest BCUT2D eigenvalue weighted by Gasteiger charge is -2.16. The molecular weight excluding hydrogens is 507 g/mol. The summed E-state index contributed by atoms with van der Waals surface area (Å²) in [6.07, 6.45) is -4.91. The first kappa shape index (κ1) is 25.8. The van der Waals surface area contributed by atoms with E-state index in [-0.39, 0.29) is 5.16 Å². The van der Waals surface area contributed by atoms with Gasteiger partial charge in [0.25, 0.3) is 5.69 Å². The Kier molecular flexibility index (Phi) is 7.48. The molecule has 0 radical (unpaired) electrons. The van der Waals surface area contributed by atoms with E-state index in [9.17, 15) is 28.1 Å². The minimum absolute atomic E-state index is 0.154. The van der Waals surface area contributed by atoms with Crippen molar-refractivity contribution in [3.05, 3.63) is 94.5 Å². The Balaban J connectivity index is 1.60. The summed E-state index contributed by atoms with van der Waals surface area (Å²) >= 11 is 0.919. The molecule has 37 heavy (non-hydrogen) atoms. The van der Waals surface area contributed by atoms with Crippen LogP contribution in [0.4, 0.5) is 24.5 Å². The second kappa shape index (κ2) is 10.7. The minimum Gasteiger partial charge on any atom is -0.325 e. The highest BCUT2D eigenvalue weighted by Crippen LogP contribution is 2.37. The maximum atomic E-state index is 13.5. The number of nitro groups is 1. The number of hydrogen-bond donors (Lipinski definition) is 1. The van der Waals surface area contributed by atoms with Gasteiger partial charge in [0, 0.05) is 23.3 Å². The van der Waals surface area contributed by atoms with Gasteiger partial charge in [0.05, 0.1) is 21.4 Å². The number of rotatable bonds is 7. The van der Waals surface area contributed by atoms with Gasteiger partial charge in [-0.25, -0.2) is 4.98 Å². The maximum Gasteiger partial charge on any atom is 0.418 e. The zero-order valence-corrected chi connectivity index (χ0v) is 20.0. The SMILES string of the molecule is C[C@H](Sc1nnc(-c2ccccc2)c(-c2ccccc2)n1)C(=O)Nc1ccc([N+](=O)[O-])cc1C(F)(F)F. The second-order valence-electron chi connectivity index (χ2n) is 7.76. The summed E-state index contributed by atoms with van der Waals surface area (Å²) < 4.78 is 40.4. The molecule has 0 saturated carbocycles. The Bertz CT molecular complexity index is 1440. The van der Waals surface area contributed by atoms with E-state index in [2.05, 4.69) is 20.5 Å².